The van der Waals surface area contributed by atoms with Gasteiger partial charge in [0.2, 0.25) is 0 Å². The average Bonchev–Trinajstić information content (AvgIpc) is 3.53. The third-order valence-corrected chi connectivity index (χ3v) is 11.0. The number of nitrogens with zero attached hydrogens (tertiary/aromatic N) is 3. The van der Waals surface area contributed by atoms with Crippen LogP contribution >= 0.6 is 0 Å². The van der Waals surface area contributed by atoms with E-state index in [1.165, 1.54) is 85.1 Å². The second-order valence-corrected chi connectivity index (χ2v) is 14.9. The molecule has 0 aliphatic heterocycles. The first-order valence-corrected chi connectivity index (χ1v) is 20.5. The first-order chi connectivity index (χ1) is 24.9. The Labute approximate surface area is 310 Å². The molecule has 0 radical (unpaired) electrons. The summed E-state index contributed by atoms with van der Waals surface area (Å²) in [5.41, 5.74) is 9.99. The van der Waals surface area contributed by atoms with Crippen molar-refractivity contribution in [2.75, 3.05) is 54.0 Å². The van der Waals surface area contributed by atoms with Gasteiger partial charge in [0.05, 0.1) is 0 Å². The van der Waals surface area contributed by atoms with E-state index >= 15 is 0 Å². The molecule has 0 amide bonds. The Kier molecular flexibility index (Phi) is 14.0. The highest BCUT2D eigenvalue weighted by Gasteiger charge is 2.42. The van der Waals surface area contributed by atoms with E-state index in [9.17, 15) is 4.79 Å². The maximum atomic E-state index is 14.4. The van der Waals surface area contributed by atoms with Crippen molar-refractivity contribution < 1.29 is 4.79 Å². The van der Waals surface area contributed by atoms with Crippen molar-refractivity contribution >= 4 is 34.5 Å². The minimum Gasteiger partial charge on any atom is -0.372 e. The van der Waals surface area contributed by atoms with Crippen LogP contribution in [0.1, 0.15) is 134 Å². The quantitative estimate of drug-likeness (QED) is 0.111. The van der Waals surface area contributed by atoms with Crippen LogP contribution in [0.4, 0.5) is 17.1 Å². The van der Waals surface area contributed by atoms with Crippen LogP contribution in [0.15, 0.2) is 78.4 Å². The Bertz CT molecular complexity index is 1530. The predicted molar refractivity (Wildman–Crippen MR) is 223 cm³/mol. The third kappa shape index (κ3) is 8.82. The van der Waals surface area contributed by atoms with E-state index in [0.717, 1.165) is 68.8 Å². The molecule has 51 heavy (non-hydrogen) atoms. The summed E-state index contributed by atoms with van der Waals surface area (Å²) in [6, 6.07) is 25.4. The van der Waals surface area contributed by atoms with Gasteiger partial charge in [-0.3, -0.25) is 4.79 Å². The number of anilines is 3. The zero-order chi connectivity index (χ0) is 36.2. The molecule has 0 fully saturated rings. The maximum Gasteiger partial charge on any atom is 0.165 e. The molecule has 0 heterocycles. The number of unbranched alkanes of at least 4 members (excludes halogenated alkanes) is 4. The van der Waals surface area contributed by atoms with Crippen LogP contribution in [-0.2, 0) is 10.2 Å². The Balaban J connectivity index is 1.62. The molecule has 0 saturated carbocycles. The number of ketones is 1. The molecule has 0 bridgehead atoms. The molecular formula is C47H65N3O. The van der Waals surface area contributed by atoms with Crippen LogP contribution < -0.4 is 14.7 Å². The second-order valence-electron chi connectivity index (χ2n) is 14.9. The topological polar surface area (TPSA) is 26.8 Å². The fourth-order valence-electron chi connectivity index (χ4n) is 8.03. The standard InChI is InChI=1S/C47H65N3O/c1-7-13-29-49(30-14-8-2)40-23-18-38(19-24-40)47(39-20-25-41(26-21-39)50(31-15-9-3)32-16-10-4)35-45-43-34-42(48(27-11-5)28-12-6)22-17-37(43)33-44(45)46(51)36-47/h17-26,33-35H,7-16,27-32,36H2,1-6H3. The predicted octanol–water partition coefficient (Wildman–Crippen LogP) is 11.9. The summed E-state index contributed by atoms with van der Waals surface area (Å²) in [6.45, 7) is 20.0. The summed E-state index contributed by atoms with van der Waals surface area (Å²) in [4.78, 5) is 22.0. The number of Topliss-reactive ketones (excluding diaryl/α,β-unsaturated/α-hetero) is 1. The largest absolute Gasteiger partial charge is 0.372 e. The van der Waals surface area contributed by atoms with Gasteiger partial charge in [0.15, 0.2) is 5.78 Å². The molecule has 2 aliphatic carbocycles. The lowest BCUT2D eigenvalue weighted by atomic mass is 9.65. The van der Waals surface area contributed by atoms with Crippen LogP contribution in [0.25, 0.3) is 11.6 Å². The summed E-state index contributed by atoms with van der Waals surface area (Å²) < 4.78 is 0. The van der Waals surface area contributed by atoms with E-state index in [1.54, 1.807) is 0 Å². The molecule has 0 N–H and O–H groups in total. The van der Waals surface area contributed by atoms with Crippen molar-refractivity contribution in [2.45, 2.75) is 118 Å². The van der Waals surface area contributed by atoms with Crippen molar-refractivity contribution in [1.82, 2.24) is 0 Å². The molecule has 274 valence electrons. The van der Waals surface area contributed by atoms with Crippen LogP contribution in [0.2, 0.25) is 0 Å². The Morgan fingerprint density at radius 2 is 0.941 bits per heavy atom. The van der Waals surface area contributed by atoms with Crippen LogP contribution in [-0.4, -0.2) is 45.1 Å². The van der Waals surface area contributed by atoms with Gasteiger partial charge in [-0.1, -0.05) is 104 Å². The smallest absolute Gasteiger partial charge is 0.165 e. The Hall–Kier alpha value is -3.79. The summed E-state index contributed by atoms with van der Waals surface area (Å²) in [5.74, 6) is 0.234. The number of hydrogen-bond donors (Lipinski definition) is 0. The highest BCUT2D eigenvalue weighted by Crippen LogP contribution is 2.50. The van der Waals surface area contributed by atoms with Gasteiger partial charge in [0, 0.05) is 73.7 Å². The van der Waals surface area contributed by atoms with E-state index < -0.39 is 5.41 Å². The monoisotopic (exact) mass is 688 g/mol. The van der Waals surface area contributed by atoms with Crippen molar-refractivity contribution in [3.8, 4) is 0 Å². The SMILES string of the molecule is CCCCN(CCCC)c1ccc(C2(c3ccc(N(CCCC)CCCC)cc3)C=C3C(=Cc4ccc(N(CCC)CCC)cc43)C(=O)C2)cc1. The minimum atomic E-state index is -0.555. The normalized spacial score (nSPS) is 14.5. The van der Waals surface area contributed by atoms with E-state index in [-0.39, 0.29) is 5.78 Å². The Morgan fingerprint density at radius 1 is 0.510 bits per heavy atom. The van der Waals surface area contributed by atoms with Crippen LogP contribution in [0.3, 0.4) is 0 Å². The van der Waals surface area contributed by atoms with Gasteiger partial charge in [0.1, 0.15) is 0 Å². The van der Waals surface area contributed by atoms with Gasteiger partial charge in [-0.2, -0.15) is 0 Å². The van der Waals surface area contributed by atoms with Gasteiger partial charge in [0.25, 0.3) is 0 Å². The lowest BCUT2D eigenvalue weighted by Gasteiger charge is -2.37. The summed E-state index contributed by atoms with van der Waals surface area (Å²) in [7, 11) is 0. The molecule has 0 saturated heterocycles. The van der Waals surface area contributed by atoms with Gasteiger partial charge in [-0.15, -0.1) is 0 Å². The molecule has 0 aromatic heterocycles. The minimum absolute atomic E-state index is 0.234. The van der Waals surface area contributed by atoms with Crippen LogP contribution in [0.5, 0.6) is 0 Å². The van der Waals surface area contributed by atoms with Crippen molar-refractivity contribution in [1.29, 1.82) is 0 Å². The molecule has 2 aliphatic rings. The summed E-state index contributed by atoms with van der Waals surface area (Å²) >= 11 is 0. The molecule has 0 atom stereocenters. The maximum absolute atomic E-state index is 14.4. The number of rotatable bonds is 21. The number of benzene rings is 3. The average molecular weight is 688 g/mol. The number of allylic oxidation sites excluding steroid dienone is 3. The van der Waals surface area contributed by atoms with Gasteiger partial charge in [-0.25, -0.2) is 0 Å². The number of carbonyl (C=O) groups excluding carboxylic acids is 1. The zero-order valence-electron chi connectivity index (χ0n) is 32.8. The highest BCUT2D eigenvalue weighted by molar-refractivity contribution is 6.20. The van der Waals surface area contributed by atoms with E-state index in [1.807, 2.05) is 0 Å². The number of fused-ring (bicyclic) bond motifs is 3. The lowest BCUT2D eigenvalue weighted by molar-refractivity contribution is -0.115. The molecule has 4 heteroatoms. The molecule has 3 aromatic rings. The van der Waals surface area contributed by atoms with Gasteiger partial charge >= 0.3 is 0 Å². The number of carbonyl (C=O) groups is 1. The van der Waals surface area contributed by atoms with E-state index in [0.29, 0.717) is 6.42 Å². The van der Waals surface area contributed by atoms with Crippen molar-refractivity contribution in [2.24, 2.45) is 0 Å². The summed E-state index contributed by atoms with van der Waals surface area (Å²) in [5, 5.41) is 0. The molecule has 4 nitrogen and oxygen atoms in total. The first-order valence-electron chi connectivity index (χ1n) is 20.5. The fourth-order valence-corrected chi connectivity index (χ4v) is 8.03. The second kappa shape index (κ2) is 18.6. The van der Waals surface area contributed by atoms with Gasteiger partial charge in [-0.05, 0) is 109 Å². The van der Waals surface area contributed by atoms with Crippen molar-refractivity contribution in [3.63, 3.8) is 0 Å². The fraction of sp³-hybridized carbons (Fsp3) is 0.511. The first kappa shape index (κ1) is 38.4. The third-order valence-electron chi connectivity index (χ3n) is 11.0. The zero-order valence-corrected chi connectivity index (χ0v) is 32.8. The summed E-state index contributed by atoms with van der Waals surface area (Å²) in [6.07, 6.45) is 16.8. The van der Waals surface area contributed by atoms with Crippen molar-refractivity contribution in [3.05, 3.63) is 101 Å². The van der Waals surface area contributed by atoms with E-state index in [4.69, 9.17) is 0 Å². The molecule has 0 spiro atoms. The number of hydrogen-bond acceptors (Lipinski definition) is 4. The highest BCUT2D eigenvalue weighted by atomic mass is 16.1. The van der Waals surface area contributed by atoms with E-state index in [2.05, 4.69) is 135 Å². The molecule has 0 unspecified atom stereocenters. The van der Waals surface area contributed by atoms with Crippen LogP contribution in [0, 0.1) is 0 Å². The Morgan fingerprint density at radius 3 is 1.37 bits per heavy atom. The molecular weight excluding hydrogens is 623 g/mol. The van der Waals surface area contributed by atoms with Gasteiger partial charge < -0.3 is 14.7 Å². The molecule has 3 aromatic carbocycles. The molecule has 5 rings (SSSR count). The lowest BCUT2D eigenvalue weighted by Crippen LogP contribution is -2.33.